The summed E-state index contributed by atoms with van der Waals surface area (Å²) in [5.74, 6) is 0.0290. The molecule has 4 heteroatoms. The van der Waals surface area contributed by atoms with Gasteiger partial charge in [-0.25, -0.2) is 0 Å². The Morgan fingerprint density at radius 1 is 1.10 bits per heavy atom. The number of hydrogen-bond donors (Lipinski definition) is 0. The Morgan fingerprint density at radius 3 is 2.45 bits per heavy atom. The highest BCUT2D eigenvalue weighted by molar-refractivity contribution is 6.66. The zero-order valence-electron chi connectivity index (χ0n) is 18.1. The highest BCUT2D eigenvalue weighted by Crippen LogP contribution is 2.40. The van der Waals surface area contributed by atoms with E-state index in [0.717, 1.165) is 30.9 Å². The highest BCUT2D eigenvalue weighted by Gasteiger charge is 2.30. The van der Waals surface area contributed by atoms with Gasteiger partial charge in [-0.2, -0.15) is 0 Å². The first-order valence-electron chi connectivity index (χ1n) is 10.6. The SMILES string of the molecule is C=C(C)C(=O)c1cc(CCC[Si](C)(OCC)OCC)c2c(c1)-c1ccccc1C2. The lowest BCUT2D eigenvalue weighted by Gasteiger charge is -2.26. The summed E-state index contributed by atoms with van der Waals surface area (Å²) >= 11 is 0. The van der Waals surface area contributed by atoms with Crippen LogP contribution < -0.4 is 0 Å². The number of hydrogen-bond acceptors (Lipinski definition) is 3. The van der Waals surface area contributed by atoms with E-state index < -0.39 is 8.56 Å². The zero-order valence-corrected chi connectivity index (χ0v) is 19.1. The average Bonchev–Trinajstić information content (AvgIpc) is 3.06. The van der Waals surface area contributed by atoms with Gasteiger partial charge in [-0.05, 0) is 98.1 Å². The van der Waals surface area contributed by atoms with Gasteiger partial charge in [0, 0.05) is 18.8 Å². The Bertz CT molecular complexity index is 910. The van der Waals surface area contributed by atoms with Crippen molar-refractivity contribution in [1.82, 2.24) is 0 Å². The third-order valence-electron chi connectivity index (χ3n) is 5.64. The summed E-state index contributed by atoms with van der Waals surface area (Å²) in [5, 5.41) is 0. The number of benzene rings is 2. The van der Waals surface area contributed by atoms with Gasteiger partial charge in [0.15, 0.2) is 5.78 Å². The van der Waals surface area contributed by atoms with Crippen LogP contribution in [-0.2, 0) is 21.7 Å². The first-order valence-corrected chi connectivity index (χ1v) is 13.1. The van der Waals surface area contributed by atoms with Crippen LogP contribution in [0.5, 0.6) is 0 Å². The minimum Gasteiger partial charge on any atom is -0.395 e. The average molecular weight is 409 g/mol. The minimum absolute atomic E-state index is 0.0290. The standard InChI is InChI=1S/C25H32O3Si/c1-6-27-29(5,28-7-2)14-10-12-19-15-21(25(26)18(3)4)17-24-22-13-9-8-11-20(22)16-23(19)24/h8-9,11,13,15,17H,3,6-7,10,12,14,16H2,1-2,4-5H3. The molecule has 0 radical (unpaired) electrons. The number of Topliss-reactive ketones (excluding diaryl/α,β-unsaturated/α-hetero) is 1. The molecule has 1 aliphatic carbocycles. The number of rotatable bonds is 10. The van der Waals surface area contributed by atoms with Crippen molar-refractivity contribution in [2.24, 2.45) is 0 Å². The molecule has 3 rings (SSSR count). The molecule has 0 atom stereocenters. The molecule has 0 aromatic heterocycles. The molecule has 0 N–H and O–H groups in total. The van der Waals surface area contributed by atoms with Crippen LogP contribution in [0.3, 0.4) is 0 Å². The Hall–Kier alpha value is -2.01. The van der Waals surface area contributed by atoms with Crippen molar-refractivity contribution >= 4 is 14.3 Å². The van der Waals surface area contributed by atoms with Crippen LogP contribution in [0.2, 0.25) is 12.6 Å². The first-order chi connectivity index (χ1) is 13.9. The van der Waals surface area contributed by atoms with Crippen LogP contribution in [-0.4, -0.2) is 27.6 Å². The molecule has 3 nitrogen and oxygen atoms in total. The van der Waals surface area contributed by atoms with Crippen molar-refractivity contribution in [2.75, 3.05) is 13.2 Å². The summed E-state index contributed by atoms with van der Waals surface area (Å²) in [6.45, 7) is 13.2. The zero-order chi connectivity index (χ0) is 21.0. The Balaban J connectivity index is 1.89. The molecule has 1 aliphatic rings. The van der Waals surface area contributed by atoms with Crippen molar-refractivity contribution in [2.45, 2.75) is 52.6 Å². The van der Waals surface area contributed by atoms with Gasteiger partial charge < -0.3 is 8.85 Å². The Labute approximate surface area is 176 Å². The second kappa shape index (κ2) is 9.20. The van der Waals surface area contributed by atoms with E-state index >= 15 is 0 Å². The predicted octanol–water partition coefficient (Wildman–Crippen LogP) is 6.09. The van der Waals surface area contributed by atoms with Crippen LogP contribution in [0.4, 0.5) is 0 Å². The van der Waals surface area contributed by atoms with Gasteiger partial charge in [0.05, 0.1) is 0 Å². The third-order valence-corrected chi connectivity index (χ3v) is 8.70. The number of carbonyl (C=O) groups is 1. The molecule has 0 amide bonds. The van der Waals surface area contributed by atoms with E-state index in [2.05, 4.69) is 49.5 Å². The number of aryl methyl sites for hydroxylation is 1. The van der Waals surface area contributed by atoms with Gasteiger partial charge in [-0.15, -0.1) is 0 Å². The molecule has 0 spiro atoms. The molecule has 0 heterocycles. The summed E-state index contributed by atoms with van der Waals surface area (Å²) in [6.07, 6.45) is 2.86. The maximum absolute atomic E-state index is 12.7. The van der Waals surface area contributed by atoms with Gasteiger partial charge in [0.25, 0.3) is 0 Å². The maximum atomic E-state index is 12.7. The van der Waals surface area contributed by atoms with E-state index in [1.54, 1.807) is 6.92 Å². The molecular formula is C25H32O3Si. The Morgan fingerprint density at radius 2 is 1.79 bits per heavy atom. The number of fused-ring (bicyclic) bond motifs is 3. The molecule has 0 saturated carbocycles. The van der Waals surface area contributed by atoms with E-state index in [1.165, 1.54) is 27.8 Å². The molecule has 2 aromatic rings. The topological polar surface area (TPSA) is 35.5 Å². The molecule has 29 heavy (non-hydrogen) atoms. The van der Waals surface area contributed by atoms with Crippen LogP contribution >= 0.6 is 0 Å². The normalized spacial score (nSPS) is 12.6. The molecular weight excluding hydrogens is 376 g/mol. The van der Waals surface area contributed by atoms with E-state index in [0.29, 0.717) is 18.8 Å². The minimum atomic E-state index is -2.13. The second-order valence-electron chi connectivity index (χ2n) is 7.96. The number of ketones is 1. The maximum Gasteiger partial charge on any atom is 0.334 e. The van der Waals surface area contributed by atoms with Crippen LogP contribution in [0, 0.1) is 0 Å². The molecule has 0 bridgehead atoms. The lowest BCUT2D eigenvalue weighted by Crippen LogP contribution is -2.38. The summed E-state index contributed by atoms with van der Waals surface area (Å²) < 4.78 is 12.0. The molecule has 0 unspecified atom stereocenters. The third kappa shape index (κ3) is 4.77. The predicted molar refractivity (Wildman–Crippen MR) is 122 cm³/mol. The highest BCUT2D eigenvalue weighted by atomic mass is 28.4. The van der Waals surface area contributed by atoms with Crippen molar-refractivity contribution in [3.05, 3.63) is 70.8 Å². The van der Waals surface area contributed by atoms with Gasteiger partial charge in [0.2, 0.25) is 0 Å². The smallest absolute Gasteiger partial charge is 0.334 e. The molecule has 0 aliphatic heterocycles. The van der Waals surface area contributed by atoms with Crippen molar-refractivity contribution < 1.29 is 13.6 Å². The monoisotopic (exact) mass is 408 g/mol. The fourth-order valence-electron chi connectivity index (χ4n) is 4.31. The second-order valence-corrected chi connectivity index (χ2v) is 11.3. The Kier molecular flexibility index (Phi) is 6.88. The lowest BCUT2D eigenvalue weighted by atomic mass is 9.92. The van der Waals surface area contributed by atoms with E-state index in [-0.39, 0.29) is 5.78 Å². The number of carbonyl (C=O) groups excluding carboxylic acids is 1. The lowest BCUT2D eigenvalue weighted by molar-refractivity contribution is 0.103. The summed E-state index contributed by atoms with van der Waals surface area (Å²) in [4.78, 5) is 12.7. The quantitative estimate of drug-likeness (QED) is 0.231. The van der Waals surface area contributed by atoms with Gasteiger partial charge in [0.1, 0.15) is 0 Å². The van der Waals surface area contributed by atoms with Gasteiger partial charge in [-0.1, -0.05) is 30.8 Å². The largest absolute Gasteiger partial charge is 0.395 e. The van der Waals surface area contributed by atoms with E-state index in [9.17, 15) is 4.79 Å². The summed E-state index contributed by atoms with van der Waals surface area (Å²) in [7, 11) is -2.13. The fraction of sp³-hybridized carbons (Fsp3) is 0.400. The molecule has 2 aromatic carbocycles. The van der Waals surface area contributed by atoms with Crippen molar-refractivity contribution in [3.63, 3.8) is 0 Å². The van der Waals surface area contributed by atoms with Crippen molar-refractivity contribution in [3.8, 4) is 11.1 Å². The van der Waals surface area contributed by atoms with Crippen LogP contribution in [0.1, 0.15) is 54.2 Å². The van der Waals surface area contributed by atoms with E-state index in [4.69, 9.17) is 8.85 Å². The fourth-order valence-corrected chi connectivity index (χ4v) is 6.72. The van der Waals surface area contributed by atoms with Gasteiger partial charge >= 0.3 is 8.56 Å². The van der Waals surface area contributed by atoms with Crippen LogP contribution in [0.15, 0.2) is 48.6 Å². The summed E-state index contributed by atoms with van der Waals surface area (Å²) in [6, 6.07) is 13.6. The van der Waals surface area contributed by atoms with Crippen molar-refractivity contribution in [1.29, 1.82) is 0 Å². The van der Waals surface area contributed by atoms with Crippen LogP contribution in [0.25, 0.3) is 11.1 Å². The first kappa shape index (κ1) is 21.7. The molecule has 154 valence electrons. The van der Waals surface area contributed by atoms with Gasteiger partial charge in [-0.3, -0.25) is 4.79 Å². The van der Waals surface area contributed by atoms with E-state index in [1.807, 2.05) is 13.8 Å². The number of allylic oxidation sites excluding steroid dienone is 1. The summed E-state index contributed by atoms with van der Waals surface area (Å²) in [5.41, 5.74) is 7.76. The molecule has 0 fully saturated rings. The molecule has 0 saturated heterocycles.